The zero-order valence-electron chi connectivity index (χ0n) is 13.1. The summed E-state index contributed by atoms with van der Waals surface area (Å²) < 4.78 is 15.0. The predicted octanol–water partition coefficient (Wildman–Crippen LogP) is 1.93. The van der Waals surface area contributed by atoms with Crippen LogP contribution in [-0.2, 0) is 11.8 Å². The van der Waals surface area contributed by atoms with E-state index in [1.165, 1.54) is 28.8 Å². The van der Waals surface area contributed by atoms with Gasteiger partial charge < -0.3 is 14.8 Å². The van der Waals surface area contributed by atoms with Gasteiger partial charge in [-0.25, -0.2) is 9.37 Å². The summed E-state index contributed by atoms with van der Waals surface area (Å²) in [5.74, 6) is 0.718. The zero-order valence-corrected chi connectivity index (χ0v) is 13.9. The highest BCUT2D eigenvalue weighted by atomic mass is 32.2. The van der Waals surface area contributed by atoms with E-state index in [4.69, 9.17) is 0 Å². The summed E-state index contributed by atoms with van der Waals surface area (Å²) in [5.41, 5.74) is 0.723. The number of aryl methyl sites for hydroxylation is 1. The summed E-state index contributed by atoms with van der Waals surface area (Å²) in [6.45, 7) is 0.578. The van der Waals surface area contributed by atoms with Crippen LogP contribution in [-0.4, -0.2) is 44.4 Å². The number of halogens is 1. The summed E-state index contributed by atoms with van der Waals surface area (Å²) in [6.07, 6.45) is 3.41. The lowest BCUT2D eigenvalue weighted by Gasteiger charge is -2.21. The Hall–Kier alpha value is -2.35. The van der Waals surface area contributed by atoms with E-state index in [1.807, 2.05) is 7.05 Å². The summed E-state index contributed by atoms with van der Waals surface area (Å²) in [5, 5.41) is 2.81. The number of nitrogens with one attached hydrogen (secondary N) is 1. The minimum absolute atomic E-state index is 0.00789. The number of hydrogen-bond acceptors (Lipinski definition) is 4. The number of rotatable bonds is 5. The molecule has 2 aromatic rings. The number of amides is 2. The molecule has 1 atom stereocenters. The Kier molecular flexibility index (Phi) is 4.84. The number of benzene rings is 1. The standard InChI is InChI=1S/C16H17FN4O2S/c1-20-7-6-18-15(20)14(11-2-4-12(17)5-3-11)19-13(22)10-21-8-9-24-16(21)23/h2-7,14H,8-10H2,1H3,(H,19,22)/t14-/m1/s1. The second-order valence-electron chi connectivity index (χ2n) is 5.48. The van der Waals surface area contributed by atoms with Crippen LogP contribution in [0.4, 0.5) is 9.18 Å². The Morgan fingerprint density at radius 3 is 2.75 bits per heavy atom. The van der Waals surface area contributed by atoms with Gasteiger partial charge in [0.2, 0.25) is 5.91 Å². The Labute approximate surface area is 143 Å². The lowest BCUT2D eigenvalue weighted by Crippen LogP contribution is -2.40. The van der Waals surface area contributed by atoms with E-state index in [1.54, 1.807) is 29.1 Å². The molecule has 0 saturated carbocycles. The van der Waals surface area contributed by atoms with E-state index < -0.39 is 6.04 Å². The number of imidazole rings is 1. The lowest BCUT2D eigenvalue weighted by atomic mass is 10.1. The van der Waals surface area contributed by atoms with E-state index in [-0.39, 0.29) is 23.5 Å². The van der Waals surface area contributed by atoms with Gasteiger partial charge in [0.1, 0.15) is 24.2 Å². The van der Waals surface area contributed by atoms with Gasteiger partial charge in [-0.05, 0) is 17.7 Å². The van der Waals surface area contributed by atoms with Crippen molar-refractivity contribution in [2.24, 2.45) is 7.05 Å². The molecule has 6 nitrogen and oxygen atoms in total. The Morgan fingerprint density at radius 2 is 2.17 bits per heavy atom. The number of nitrogens with zero attached hydrogens (tertiary/aromatic N) is 3. The quantitative estimate of drug-likeness (QED) is 0.897. The molecule has 0 unspecified atom stereocenters. The van der Waals surface area contributed by atoms with Gasteiger partial charge in [0, 0.05) is 31.7 Å². The predicted molar refractivity (Wildman–Crippen MR) is 89.0 cm³/mol. The first-order valence-corrected chi connectivity index (χ1v) is 8.47. The first-order valence-electron chi connectivity index (χ1n) is 7.48. The van der Waals surface area contributed by atoms with Gasteiger partial charge in [-0.15, -0.1) is 0 Å². The van der Waals surface area contributed by atoms with E-state index in [0.717, 1.165) is 5.56 Å². The van der Waals surface area contributed by atoms with Crippen LogP contribution < -0.4 is 5.32 Å². The number of carbonyl (C=O) groups excluding carboxylic acids is 2. The molecule has 3 rings (SSSR count). The molecular formula is C16H17FN4O2S. The fourth-order valence-corrected chi connectivity index (χ4v) is 3.38. The fourth-order valence-electron chi connectivity index (χ4n) is 2.56. The Balaban J connectivity index is 1.80. The molecule has 1 aliphatic rings. The number of aromatic nitrogens is 2. The van der Waals surface area contributed by atoms with Crippen LogP contribution in [0.1, 0.15) is 17.4 Å². The second kappa shape index (κ2) is 7.04. The minimum atomic E-state index is -0.511. The molecule has 0 aliphatic carbocycles. The van der Waals surface area contributed by atoms with Crippen molar-refractivity contribution in [3.8, 4) is 0 Å². The maximum absolute atomic E-state index is 13.2. The van der Waals surface area contributed by atoms with Crippen molar-refractivity contribution in [1.82, 2.24) is 19.8 Å². The third kappa shape index (κ3) is 3.59. The normalized spacial score (nSPS) is 15.6. The summed E-state index contributed by atoms with van der Waals surface area (Å²) in [4.78, 5) is 29.8. The molecule has 2 heterocycles. The maximum Gasteiger partial charge on any atom is 0.282 e. The van der Waals surface area contributed by atoms with Crippen molar-refractivity contribution in [2.75, 3.05) is 18.8 Å². The summed E-state index contributed by atoms with van der Waals surface area (Å²) in [7, 11) is 1.83. The summed E-state index contributed by atoms with van der Waals surface area (Å²) >= 11 is 1.21. The van der Waals surface area contributed by atoms with E-state index in [0.29, 0.717) is 18.1 Å². The monoisotopic (exact) mass is 348 g/mol. The average Bonchev–Trinajstić information content (AvgIpc) is 3.15. The third-order valence-electron chi connectivity index (χ3n) is 3.80. The van der Waals surface area contributed by atoms with Gasteiger partial charge in [0.15, 0.2) is 0 Å². The molecule has 1 saturated heterocycles. The van der Waals surface area contributed by atoms with Crippen molar-refractivity contribution >= 4 is 22.9 Å². The molecule has 0 radical (unpaired) electrons. The van der Waals surface area contributed by atoms with Crippen LogP contribution in [0.25, 0.3) is 0 Å². The van der Waals surface area contributed by atoms with E-state index >= 15 is 0 Å². The molecule has 126 valence electrons. The summed E-state index contributed by atoms with van der Waals surface area (Å²) in [6, 6.07) is 5.41. The topological polar surface area (TPSA) is 67.2 Å². The molecule has 1 aromatic heterocycles. The second-order valence-corrected chi connectivity index (χ2v) is 6.53. The third-order valence-corrected chi connectivity index (χ3v) is 4.70. The minimum Gasteiger partial charge on any atom is -0.341 e. The Morgan fingerprint density at radius 1 is 1.42 bits per heavy atom. The highest BCUT2D eigenvalue weighted by molar-refractivity contribution is 8.13. The molecule has 24 heavy (non-hydrogen) atoms. The SMILES string of the molecule is Cn1ccnc1[C@H](NC(=O)CN1CCSC1=O)c1ccc(F)cc1. The lowest BCUT2D eigenvalue weighted by molar-refractivity contribution is -0.122. The highest BCUT2D eigenvalue weighted by Crippen LogP contribution is 2.21. The average molecular weight is 348 g/mol. The van der Waals surface area contributed by atoms with Crippen molar-refractivity contribution in [2.45, 2.75) is 6.04 Å². The fraction of sp³-hybridized carbons (Fsp3) is 0.312. The molecule has 2 amide bonds. The zero-order chi connectivity index (χ0) is 17.1. The van der Waals surface area contributed by atoms with Gasteiger partial charge in [0.25, 0.3) is 5.24 Å². The molecule has 1 aromatic carbocycles. The number of thioether (sulfide) groups is 1. The smallest absolute Gasteiger partial charge is 0.282 e. The van der Waals surface area contributed by atoms with Crippen molar-refractivity contribution < 1.29 is 14.0 Å². The van der Waals surface area contributed by atoms with Crippen LogP contribution >= 0.6 is 11.8 Å². The van der Waals surface area contributed by atoms with Crippen molar-refractivity contribution in [1.29, 1.82) is 0 Å². The van der Waals surface area contributed by atoms with Crippen LogP contribution in [0, 0.1) is 5.82 Å². The molecule has 8 heteroatoms. The largest absolute Gasteiger partial charge is 0.341 e. The number of carbonyl (C=O) groups is 2. The highest BCUT2D eigenvalue weighted by Gasteiger charge is 2.26. The maximum atomic E-state index is 13.2. The first-order chi connectivity index (χ1) is 11.5. The van der Waals surface area contributed by atoms with Crippen LogP contribution in [0.3, 0.4) is 0 Å². The van der Waals surface area contributed by atoms with Crippen LogP contribution in [0.5, 0.6) is 0 Å². The number of hydrogen-bond donors (Lipinski definition) is 1. The first kappa shape index (κ1) is 16.5. The molecule has 1 N–H and O–H groups in total. The molecule has 0 spiro atoms. The van der Waals surface area contributed by atoms with Gasteiger partial charge in [-0.2, -0.15) is 0 Å². The van der Waals surface area contributed by atoms with Gasteiger partial charge >= 0.3 is 0 Å². The van der Waals surface area contributed by atoms with Gasteiger partial charge in [0.05, 0.1) is 0 Å². The van der Waals surface area contributed by atoms with E-state index in [2.05, 4.69) is 10.3 Å². The van der Waals surface area contributed by atoms with Crippen molar-refractivity contribution in [3.05, 3.63) is 53.9 Å². The Bertz CT molecular complexity index is 747. The molecule has 1 aliphatic heterocycles. The van der Waals surface area contributed by atoms with Crippen LogP contribution in [0.2, 0.25) is 0 Å². The van der Waals surface area contributed by atoms with E-state index in [9.17, 15) is 14.0 Å². The van der Waals surface area contributed by atoms with Gasteiger partial charge in [-0.3, -0.25) is 9.59 Å². The molecular weight excluding hydrogens is 331 g/mol. The molecule has 1 fully saturated rings. The van der Waals surface area contributed by atoms with Crippen molar-refractivity contribution in [3.63, 3.8) is 0 Å². The van der Waals surface area contributed by atoms with Crippen LogP contribution in [0.15, 0.2) is 36.7 Å². The molecule has 0 bridgehead atoms. The van der Waals surface area contributed by atoms with Gasteiger partial charge in [-0.1, -0.05) is 23.9 Å².